The Labute approximate surface area is 185 Å². The largest absolute Gasteiger partial charge is 0.454 e. The normalized spacial score (nSPS) is 13.0. The van der Waals surface area contributed by atoms with Crippen LogP contribution in [0.2, 0.25) is 0 Å². The molecule has 0 bridgehead atoms. The van der Waals surface area contributed by atoms with E-state index in [0.717, 1.165) is 5.56 Å². The van der Waals surface area contributed by atoms with Crippen LogP contribution in [0.25, 0.3) is 0 Å². The van der Waals surface area contributed by atoms with Crippen LogP contribution in [0.4, 0.5) is 0 Å². The fourth-order valence-corrected chi connectivity index (χ4v) is 5.20. The van der Waals surface area contributed by atoms with E-state index in [0.29, 0.717) is 47.7 Å². The first-order chi connectivity index (χ1) is 14.3. The van der Waals surface area contributed by atoms with Crippen molar-refractivity contribution in [2.75, 3.05) is 26.4 Å². The van der Waals surface area contributed by atoms with Crippen molar-refractivity contribution in [3.8, 4) is 11.5 Å². The average molecular weight is 497 g/mol. The molecule has 7 nitrogen and oxygen atoms in total. The van der Waals surface area contributed by atoms with E-state index in [9.17, 15) is 13.2 Å². The highest BCUT2D eigenvalue weighted by atomic mass is 79.9. The molecule has 0 N–H and O–H groups in total. The molecule has 1 heterocycles. The summed E-state index contributed by atoms with van der Waals surface area (Å²) in [6.45, 7) is 7.21. The van der Waals surface area contributed by atoms with Gasteiger partial charge >= 0.3 is 0 Å². The maximum Gasteiger partial charge on any atom is 0.255 e. The summed E-state index contributed by atoms with van der Waals surface area (Å²) in [4.78, 5) is 15.0. The maximum absolute atomic E-state index is 13.3. The Morgan fingerprint density at radius 2 is 1.70 bits per heavy atom. The van der Waals surface area contributed by atoms with E-state index in [-0.39, 0.29) is 17.6 Å². The Morgan fingerprint density at radius 1 is 1.00 bits per heavy atom. The van der Waals surface area contributed by atoms with Crippen LogP contribution in [-0.2, 0) is 16.6 Å². The molecule has 3 rings (SSSR count). The fraction of sp³-hybridized carbons (Fsp3) is 0.381. The fourth-order valence-electron chi connectivity index (χ4n) is 3.30. The van der Waals surface area contributed by atoms with Gasteiger partial charge in [0.1, 0.15) is 0 Å². The smallest absolute Gasteiger partial charge is 0.255 e. The minimum absolute atomic E-state index is 0.108. The first-order valence-corrected chi connectivity index (χ1v) is 12.0. The third-order valence-corrected chi connectivity index (χ3v) is 7.73. The molecule has 2 aromatic carbocycles. The predicted octanol–water partition coefficient (Wildman–Crippen LogP) is 3.87. The van der Waals surface area contributed by atoms with E-state index in [1.54, 1.807) is 24.8 Å². The highest BCUT2D eigenvalue weighted by Gasteiger charge is 2.25. The Morgan fingerprint density at radius 3 is 2.37 bits per heavy atom. The number of sulfonamides is 1. The van der Waals surface area contributed by atoms with E-state index in [1.807, 2.05) is 25.1 Å². The van der Waals surface area contributed by atoms with Gasteiger partial charge in [-0.05, 0) is 58.7 Å². The summed E-state index contributed by atoms with van der Waals surface area (Å²) in [5.74, 6) is 1.09. The van der Waals surface area contributed by atoms with Gasteiger partial charge in [0.2, 0.25) is 16.8 Å². The van der Waals surface area contributed by atoms with Gasteiger partial charge in [-0.1, -0.05) is 19.9 Å². The van der Waals surface area contributed by atoms with Crippen molar-refractivity contribution in [1.82, 2.24) is 9.21 Å². The molecule has 1 aliphatic heterocycles. The Hall–Kier alpha value is -2.10. The predicted molar refractivity (Wildman–Crippen MR) is 117 cm³/mol. The third kappa shape index (κ3) is 4.48. The molecule has 0 fully saturated rings. The van der Waals surface area contributed by atoms with Crippen molar-refractivity contribution in [3.63, 3.8) is 0 Å². The average Bonchev–Trinajstić information content (AvgIpc) is 3.20. The number of fused-ring (bicyclic) bond motifs is 1. The number of rotatable bonds is 8. The number of amides is 1. The van der Waals surface area contributed by atoms with Crippen LogP contribution in [-0.4, -0.2) is 50.0 Å². The third-order valence-electron chi connectivity index (χ3n) is 4.99. The highest BCUT2D eigenvalue weighted by Crippen LogP contribution is 2.33. The Balaban J connectivity index is 1.89. The van der Waals surface area contributed by atoms with Gasteiger partial charge in [0.25, 0.3) is 5.91 Å². The standard InChI is InChI=1S/C21H25BrN2O5S/c1-4-23(13-15-7-10-19-20(11-15)29-14-28-19)21(25)17-12-16(8-9-18(17)22)30(26,27)24(5-2)6-3/h7-12H,4-6,13-14H2,1-3H3. The van der Waals surface area contributed by atoms with Gasteiger partial charge in [0.15, 0.2) is 11.5 Å². The number of carbonyl (C=O) groups is 1. The molecule has 2 aromatic rings. The lowest BCUT2D eigenvalue weighted by atomic mass is 10.1. The van der Waals surface area contributed by atoms with Crippen molar-refractivity contribution >= 4 is 31.9 Å². The lowest BCUT2D eigenvalue weighted by molar-refractivity contribution is 0.0751. The summed E-state index contributed by atoms with van der Waals surface area (Å²) in [5.41, 5.74) is 1.21. The minimum atomic E-state index is -3.66. The Kier molecular flexibility index (Phi) is 7.05. The van der Waals surface area contributed by atoms with E-state index in [4.69, 9.17) is 9.47 Å². The van der Waals surface area contributed by atoms with Crippen LogP contribution in [0.5, 0.6) is 11.5 Å². The molecule has 0 aromatic heterocycles. The monoisotopic (exact) mass is 496 g/mol. The van der Waals surface area contributed by atoms with Gasteiger partial charge in [0, 0.05) is 30.7 Å². The molecule has 1 amide bonds. The Bertz CT molecular complexity index is 1040. The number of hydrogen-bond acceptors (Lipinski definition) is 5. The van der Waals surface area contributed by atoms with Crippen molar-refractivity contribution in [3.05, 3.63) is 52.0 Å². The second kappa shape index (κ2) is 9.36. The molecular weight excluding hydrogens is 472 g/mol. The number of hydrogen-bond donors (Lipinski definition) is 0. The van der Waals surface area contributed by atoms with Crippen LogP contribution in [0.3, 0.4) is 0 Å². The number of nitrogens with zero attached hydrogens (tertiary/aromatic N) is 2. The summed E-state index contributed by atoms with van der Waals surface area (Å²) >= 11 is 3.40. The van der Waals surface area contributed by atoms with Gasteiger partial charge in [-0.25, -0.2) is 8.42 Å². The highest BCUT2D eigenvalue weighted by molar-refractivity contribution is 9.10. The molecular formula is C21H25BrN2O5S. The first-order valence-electron chi connectivity index (χ1n) is 9.79. The molecule has 0 saturated heterocycles. The summed E-state index contributed by atoms with van der Waals surface area (Å²) < 4.78 is 38.4. The summed E-state index contributed by atoms with van der Waals surface area (Å²) in [5, 5.41) is 0. The second-order valence-corrected chi connectivity index (χ2v) is 9.53. The SMILES string of the molecule is CCN(Cc1ccc2c(c1)OCO2)C(=O)c1cc(S(=O)(=O)N(CC)CC)ccc1Br. The van der Waals surface area contributed by atoms with Gasteiger partial charge in [-0.3, -0.25) is 4.79 Å². The number of carbonyl (C=O) groups excluding carboxylic acids is 1. The summed E-state index contributed by atoms with van der Waals surface area (Å²) in [6.07, 6.45) is 0. The molecule has 0 unspecified atom stereocenters. The van der Waals surface area contributed by atoms with Crippen LogP contribution in [0.15, 0.2) is 45.8 Å². The zero-order valence-corrected chi connectivity index (χ0v) is 19.6. The van der Waals surface area contributed by atoms with Gasteiger partial charge < -0.3 is 14.4 Å². The number of benzene rings is 2. The first kappa shape index (κ1) is 22.6. The molecule has 1 aliphatic rings. The molecule has 162 valence electrons. The molecule has 0 radical (unpaired) electrons. The zero-order valence-electron chi connectivity index (χ0n) is 17.2. The van der Waals surface area contributed by atoms with Crippen molar-refractivity contribution < 1.29 is 22.7 Å². The minimum Gasteiger partial charge on any atom is -0.454 e. The van der Waals surface area contributed by atoms with E-state index in [2.05, 4.69) is 15.9 Å². The van der Waals surface area contributed by atoms with Gasteiger partial charge in [-0.15, -0.1) is 0 Å². The molecule has 30 heavy (non-hydrogen) atoms. The van der Waals surface area contributed by atoms with Crippen molar-refractivity contribution in [1.29, 1.82) is 0 Å². The van der Waals surface area contributed by atoms with E-state index in [1.165, 1.54) is 16.4 Å². The number of ether oxygens (including phenoxy) is 2. The molecule has 0 saturated carbocycles. The molecule has 0 atom stereocenters. The van der Waals surface area contributed by atoms with Crippen molar-refractivity contribution in [2.24, 2.45) is 0 Å². The van der Waals surface area contributed by atoms with Crippen LogP contribution in [0, 0.1) is 0 Å². The quantitative estimate of drug-likeness (QED) is 0.554. The number of halogens is 1. The molecule has 0 aliphatic carbocycles. The van der Waals surface area contributed by atoms with Crippen LogP contribution < -0.4 is 9.47 Å². The van der Waals surface area contributed by atoms with Crippen LogP contribution in [0.1, 0.15) is 36.7 Å². The van der Waals surface area contributed by atoms with E-state index >= 15 is 0 Å². The maximum atomic E-state index is 13.3. The lowest BCUT2D eigenvalue weighted by Gasteiger charge is -2.23. The topological polar surface area (TPSA) is 76.1 Å². The van der Waals surface area contributed by atoms with Crippen LogP contribution >= 0.6 is 15.9 Å². The molecule has 9 heteroatoms. The zero-order chi connectivity index (χ0) is 21.9. The molecule has 0 spiro atoms. The van der Waals surface area contributed by atoms with Gasteiger partial charge in [-0.2, -0.15) is 4.31 Å². The van der Waals surface area contributed by atoms with E-state index < -0.39 is 10.0 Å². The lowest BCUT2D eigenvalue weighted by Crippen LogP contribution is -2.32. The second-order valence-electron chi connectivity index (χ2n) is 6.74. The summed E-state index contributed by atoms with van der Waals surface area (Å²) in [7, 11) is -3.66. The van der Waals surface area contributed by atoms with Crippen molar-refractivity contribution in [2.45, 2.75) is 32.2 Å². The van der Waals surface area contributed by atoms with Gasteiger partial charge in [0.05, 0.1) is 10.5 Å². The summed E-state index contributed by atoms with van der Waals surface area (Å²) in [6, 6.07) is 10.1.